The van der Waals surface area contributed by atoms with Gasteiger partial charge in [0.2, 0.25) is 35.4 Å². The molecule has 6 amide bonds. The highest BCUT2D eigenvalue weighted by Crippen LogP contribution is 2.12. The van der Waals surface area contributed by atoms with E-state index in [1.807, 2.05) is 0 Å². The number of H-pyrrole nitrogens is 1. The number of nitrogens with two attached hydrogens (primary N) is 3. The van der Waals surface area contributed by atoms with Crippen LogP contribution in [0.1, 0.15) is 72.4 Å². The van der Waals surface area contributed by atoms with Crippen molar-refractivity contribution in [3.05, 3.63) is 18.2 Å². The number of carboxylic acid groups (broad SMARTS) is 2. The molecule has 56 heavy (non-hydrogen) atoms. The number of rotatable bonds is 25. The van der Waals surface area contributed by atoms with Crippen LogP contribution < -0.4 is 49.1 Å². The van der Waals surface area contributed by atoms with Crippen LogP contribution in [0.25, 0.3) is 0 Å². The van der Waals surface area contributed by atoms with Gasteiger partial charge in [-0.2, -0.15) is 0 Å². The first-order valence-electron chi connectivity index (χ1n) is 17.9. The fourth-order valence-electron chi connectivity index (χ4n) is 4.96. The van der Waals surface area contributed by atoms with E-state index in [9.17, 15) is 53.7 Å². The number of carboxylic acids is 2. The van der Waals surface area contributed by atoms with Crippen molar-refractivity contribution < 1.29 is 53.7 Å². The van der Waals surface area contributed by atoms with Crippen LogP contribution >= 0.6 is 0 Å². The minimum Gasteiger partial charge on any atom is -0.481 e. The fraction of sp³-hybridized carbons (Fsp3) is 0.636. The summed E-state index contributed by atoms with van der Waals surface area (Å²) in [6, 6.07) is -9.51. The molecule has 0 aliphatic heterocycles. The molecule has 23 nitrogen and oxygen atoms in total. The summed E-state index contributed by atoms with van der Waals surface area (Å²) in [5, 5.41) is 43.2. The number of imidazole rings is 1. The first-order chi connectivity index (χ1) is 26.2. The number of nitrogens with zero attached hydrogens (tertiary/aromatic N) is 2. The Morgan fingerprint density at radius 2 is 1.32 bits per heavy atom. The Morgan fingerprint density at radius 3 is 1.86 bits per heavy atom. The number of aromatic amines is 1. The molecule has 1 aromatic rings. The third-order valence-electron chi connectivity index (χ3n) is 8.53. The Bertz CT molecular complexity index is 1530. The van der Waals surface area contributed by atoms with Gasteiger partial charge in [0.15, 0.2) is 5.96 Å². The molecule has 0 aliphatic rings. The van der Waals surface area contributed by atoms with Gasteiger partial charge in [0.1, 0.15) is 36.3 Å². The van der Waals surface area contributed by atoms with Crippen LogP contribution in [0, 0.1) is 5.92 Å². The highest BCUT2D eigenvalue weighted by atomic mass is 16.4. The van der Waals surface area contributed by atoms with E-state index < -0.39 is 115 Å². The van der Waals surface area contributed by atoms with Gasteiger partial charge in [-0.1, -0.05) is 20.3 Å². The number of nitrogens with one attached hydrogen (secondary N) is 7. The molecule has 0 saturated carbocycles. The minimum atomic E-state index is -1.55. The Kier molecular flexibility index (Phi) is 20.5. The molecule has 23 heteroatoms. The molecule has 0 radical (unpaired) electrons. The highest BCUT2D eigenvalue weighted by Gasteiger charge is 2.35. The topological polar surface area (TPSA) is 389 Å². The van der Waals surface area contributed by atoms with E-state index in [1.54, 1.807) is 13.8 Å². The maximum absolute atomic E-state index is 13.6. The Balaban J connectivity index is 3.15. The van der Waals surface area contributed by atoms with E-state index in [0.29, 0.717) is 12.1 Å². The van der Waals surface area contributed by atoms with E-state index in [1.165, 1.54) is 33.3 Å². The van der Waals surface area contributed by atoms with Crippen molar-refractivity contribution in [3.63, 3.8) is 0 Å². The van der Waals surface area contributed by atoms with Gasteiger partial charge in [-0.25, -0.2) is 4.98 Å². The molecule has 314 valence electrons. The molecule has 1 aromatic heterocycles. The summed E-state index contributed by atoms with van der Waals surface area (Å²) >= 11 is 0. The molecular formula is C33H56N12O11. The predicted octanol–water partition coefficient (Wildman–Crippen LogP) is -4.34. The SMILES string of the molecule is CCC(C)C(NC(=O)C(CCC(=O)O)NC(=O)C(C)NC(=O)C(NC(=O)C(N)Cc1cnc[nH]1)C(C)O)C(=O)NC(CCCN=C(N)N)C(=O)NC(C)C(=O)O. The smallest absolute Gasteiger partial charge is 0.325 e. The first kappa shape index (κ1) is 48.2. The van der Waals surface area contributed by atoms with Crippen molar-refractivity contribution in [1.82, 2.24) is 41.9 Å². The van der Waals surface area contributed by atoms with Gasteiger partial charge < -0.3 is 69.4 Å². The van der Waals surface area contributed by atoms with E-state index in [2.05, 4.69) is 46.9 Å². The van der Waals surface area contributed by atoms with Gasteiger partial charge in [-0.3, -0.25) is 43.3 Å². The average Bonchev–Trinajstić information content (AvgIpc) is 3.64. The second-order valence-corrected chi connectivity index (χ2v) is 13.3. The molecule has 0 bridgehead atoms. The zero-order valence-corrected chi connectivity index (χ0v) is 32.0. The number of aliphatic hydroxyl groups excluding tert-OH is 1. The lowest BCUT2D eigenvalue weighted by atomic mass is 9.96. The number of aliphatic hydroxyl groups is 1. The molecular weight excluding hydrogens is 740 g/mol. The van der Waals surface area contributed by atoms with Crippen LogP contribution in [0.4, 0.5) is 0 Å². The van der Waals surface area contributed by atoms with Gasteiger partial charge in [-0.15, -0.1) is 0 Å². The predicted molar refractivity (Wildman–Crippen MR) is 199 cm³/mol. The molecule has 0 aromatic carbocycles. The summed E-state index contributed by atoms with van der Waals surface area (Å²) in [4.78, 5) is 113. The zero-order valence-electron chi connectivity index (χ0n) is 32.0. The molecule has 0 spiro atoms. The lowest BCUT2D eigenvalue weighted by Gasteiger charge is -2.29. The van der Waals surface area contributed by atoms with Crippen LogP contribution in [0.3, 0.4) is 0 Å². The molecule has 0 saturated heterocycles. The van der Waals surface area contributed by atoms with Crippen LogP contribution in [0.2, 0.25) is 0 Å². The number of carbonyl (C=O) groups excluding carboxylic acids is 6. The summed E-state index contributed by atoms with van der Waals surface area (Å²) in [5.74, 6) is -8.74. The van der Waals surface area contributed by atoms with E-state index in [0.717, 1.165) is 0 Å². The number of carbonyl (C=O) groups is 8. The van der Waals surface area contributed by atoms with Gasteiger partial charge in [0.25, 0.3) is 0 Å². The van der Waals surface area contributed by atoms with Crippen LogP contribution in [-0.4, -0.2) is 134 Å². The summed E-state index contributed by atoms with van der Waals surface area (Å²) in [7, 11) is 0. The third-order valence-corrected chi connectivity index (χ3v) is 8.53. The number of aliphatic imine (C=N–C) groups is 1. The maximum Gasteiger partial charge on any atom is 0.325 e. The number of hydrogen-bond acceptors (Lipinski definition) is 12. The largest absolute Gasteiger partial charge is 0.481 e. The molecule has 1 rings (SSSR count). The Labute approximate surface area is 323 Å². The lowest BCUT2D eigenvalue weighted by molar-refractivity contribution is -0.142. The normalized spacial score (nSPS) is 15.8. The Hall–Kier alpha value is -5.84. The van der Waals surface area contributed by atoms with Crippen molar-refractivity contribution >= 4 is 53.3 Å². The fourth-order valence-corrected chi connectivity index (χ4v) is 4.96. The highest BCUT2D eigenvalue weighted by molar-refractivity contribution is 5.97. The van der Waals surface area contributed by atoms with E-state index in [4.69, 9.17) is 17.2 Å². The van der Waals surface area contributed by atoms with Crippen molar-refractivity contribution in [2.75, 3.05) is 6.54 Å². The van der Waals surface area contributed by atoms with Gasteiger partial charge in [0, 0.05) is 31.3 Å². The summed E-state index contributed by atoms with van der Waals surface area (Å²) in [5.41, 5.74) is 17.2. The van der Waals surface area contributed by atoms with E-state index >= 15 is 0 Å². The molecule has 9 atom stereocenters. The van der Waals surface area contributed by atoms with Crippen molar-refractivity contribution in [2.24, 2.45) is 28.1 Å². The number of amides is 6. The lowest BCUT2D eigenvalue weighted by Crippen LogP contribution is -2.61. The van der Waals surface area contributed by atoms with Crippen LogP contribution in [0.15, 0.2) is 17.5 Å². The number of aromatic nitrogens is 2. The molecule has 0 fully saturated rings. The second-order valence-electron chi connectivity index (χ2n) is 13.3. The van der Waals surface area contributed by atoms with E-state index in [-0.39, 0.29) is 31.8 Å². The van der Waals surface area contributed by atoms with Gasteiger partial charge >= 0.3 is 11.9 Å². The number of hydrogen-bond donors (Lipinski definition) is 13. The average molecular weight is 797 g/mol. The van der Waals surface area contributed by atoms with Crippen LogP contribution in [-0.2, 0) is 44.8 Å². The van der Waals surface area contributed by atoms with Gasteiger partial charge in [-0.05, 0) is 46.0 Å². The van der Waals surface area contributed by atoms with Crippen molar-refractivity contribution in [3.8, 4) is 0 Å². The molecule has 0 aliphatic carbocycles. The summed E-state index contributed by atoms with van der Waals surface area (Å²) in [6.45, 7) is 7.11. The molecule has 16 N–H and O–H groups in total. The van der Waals surface area contributed by atoms with Gasteiger partial charge in [0.05, 0.1) is 18.5 Å². The standard InChI is InChI=1S/C33H56N12O11/c1-6-15(2)24(30(53)43-21(8-7-11-38-33(35)36)28(51)41-17(4)32(55)56)44-29(52)22(9-10-23(47)48)42-26(49)16(3)40-31(54)25(18(5)46)45-27(50)20(34)12-19-13-37-14-39-19/h13-18,20-22,24-25,46H,6-12,34H2,1-5H3,(H,37,39)(H,40,54)(H,41,51)(H,42,49)(H,43,53)(H,44,52)(H,45,50)(H,47,48)(H,55,56)(H4,35,36,38). The number of guanidine groups is 1. The molecule has 1 heterocycles. The molecule has 9 unspecified atom stereocenters. The quantitative estimate of drug-likeness (QED) is 0.0253. The van der Waals surface area contributed by atoms with Crippen molar-refractivity contribution in [1.29, 1.82) is 0 Å². The third kappa shape index (κ3) is 17.1. The Morgan fingerprint density at radius 1 is 0.768 bits per heavy atom. The first-order valence-corrected chi connectivity index (χ1v) is 17.9. The number of aliphatic carboxylic acids is 2. The summed E-state index contributed by atoms with van der Waals surface area (Å²) < 4.78 is 0. The second kappa shape index (κ2) is 23.8. The van der Waals surface area contributed by atoms with Crippen molar-refractivity contribution in [2.45, 2.75) is 122 Å². The van der Waals surface area contributed by atoms with Crippen LogP contribution in [0.5, 0.6) is 0 Å². The monoisotopic (exact) mass is 796 g/mol. The zero-order chi connectivity index (χ0) is 42.7. The maximum atomic E-state index is 13.6. The minimum absolute atomic E-state index is 0.0274. The summed E-state index contributed by atoms with van der Waals surface area (Å²) in [6.07, 6.45) is 0.930.